The molecule has 0 aromatic heterocycles. The number of nitrogens with one attached hydrogen (secondary N) is 1. The Morgan fingerprint density at radius 2 is 2.00 bits per heavy atom. The van der Waals surface area contributed by atoms with Crippen LogP contribution in [-0.2, 0) is 4.79 Å². The van der Waals surface area contributed by atoms with Gasteiger partial charge in [-0.15, -0.1) is 0 Å². The van der Waals surface area contributed by atoms with Crippen LogP contribution in [0.5, 0.6) is 5.75 Å². The monoisotopic (exact) mass is 331 g/mol. The molecule has 0 saturated heterocycles. The van der Waals surface area contributed by atoms with E-state index in [-0.39, 0.29) is 11.3 Å². The number of aromatic carboxylic acids is 1. The predicted octanol–water partition coefficient (Wildman–Crippen LogP) is 3.70. The summed E-state index contributed by atoms with van der Waals surface area (Å²) in [6.07, 6.45) is 2.91. The van der Waals surface area contributed by atoms with Gasteiger partial charge in [0, 0.05) is 11.1 Å². The largest absolute Gasteiger partial charge is 0.497 e. The molecule has 0 saturated carbocycles. The number of carbonyl (C=O) groups is 2. The van der Waals surface area contributed by atoms with Gasteiger partial charge in [-0.1, -0.05) is 23.7 Å². The molecule has 0 unspecified atom stereocenters. The van der Waals surface area contributed by atoms with Crippen LogP contribution in [0.15, 0.2) is 48.5 Å². The molecule has 0 fully saturated rings. The number of hydrogen-bond acceptors (Lipinski definition) is 3. The summed E-state index contributed by atoms with van der Waals surface area (Å²) in [5, 5.41) is 12.0. The molecule has 118 valence electrons. The maximum atomic E-state index is 12.0. The summed E-state index contributed by atoms with van der Waals surface area (Å²) < 4.78 is 5.10. The normalized spacial score (nSPS) is 10.5. The van der Waals surface area contributed by atoms with E-state index < -0.39 is 11.9 Å². The van der Waals surface area contributed by atoms with Gasteiger partial charge in [-0.05, 0) is 42.0 Å². The Hall–Kier alpha value is -2.79. The third kappa shape index (κ3) is 4.59. The van der Waals surface area contributed by atoms with Gasteiger partial charge in [0.05, 0.1) is 18.4 Å². The number of amides is 1. The maximum Gasteiger partial charge on any atom is 0.337 e. The van der Waals surface area contributed by atoms with Crippen molar-refractivity contribution in [2.45, 2.75) is 0 Å². The number of carboxylic acid groups (broad SMARTS) is 1. The molecule has 0 spiro atoms. The average Bonchev–Trinajstić information content (AvgIpc) is 2.53. The summed E-state index contributed by atoms with van der Waals surface area (Å²) in [5.41, 5.74) is 0.895. The molecule has 2 N–H and O–H groups in total. The lowest BCUT2D eigenvalue weighted by molar-refractivity contribution is -0.111. The second-order valence-electron chi connectivity index (χ2n) is 4.59. The third-order valence-corrected chi connectivity index (χ3v) is 3.23. The lowest BCUT2D eigenvalue weighted by Gasteiger charge is -2.07. The summed E-state index contributed by atoms with van der Waals surface area (Å²) in [6, 6.07) is 11.4. The van der Waals surface area contributed by atoms with Crippen molar-refractivity contribution in [1.82, 2.24) is 0 Å². The van der Waals surface area contributed by atoms with Gasteiger partial charge >= 0.3 is 5.97 Å². The van der Waals surface area contributed by atoms with Gasteiger partial charge in [0.25, 0.3) is 0 Å². The predicted molar refractivity (Wildman–Crippen MR) is 89.1 cm³/mol. The summed E-state index contributed by atoms with van der Waals surface area (Å²) in [5.74, 6) is -0.929. The topological polar surface area (TPSA) is 75.6 Å². The fraction of sp³-hybridized carbons (Fsp3) is 0.0588. The van der Waals surface area contributed by atoms with Crippen molar-refractivity contribution >= 4 is 35.2 Å². The van der Waals surface area contributed by atoms with Crippen molar-refractivity contribution in [2.75, 3.05) is 12.4 Å². The number of rotatable bonds is 5. The number of hydrogen-bond donors (Lipinski definition) is 2. The summed E-state index contributed by atoms with van der Waals surface area (Å²) in [7, 11) is 1.56. The van der Waals surface area contributed by atoms with E-state index in [1.165, 1.54) is 24.3 Å². The molecule has 0 heterocycles. The fourth-order valence-electron chi connectivity index (χ4n) is 1.90. The number of ether oxygens (including phenoxy) is 1. The number of carbonyl (C=O) groups excluding carboxylic acids is 1. The van der Waals surface area contributed by atoms with Crippen LogP contribution in [0.25, 0.3) is 6.08 Å². The molecule has 1 amide bonds. The number of halogens is 1. The van der Waals surface area contributed by atoms with E-state index >= 15 is 0 Å². The van der Waals surface area contributed by atoms with Crippen molar-refractivity contribution in [3.05, 3.63) is 64.7 Å². The molecule has 0 atom stereocenters. The molecule has 5 nitrogen and oxygen atoms in total. The van der Waals surface area contributed by atoms with Crippen LogP contribution in [0.1, 0.15) is 15.9 Å². The van der Waals surface area contributed by atoms with Gasteiger partial charge in [-0.3, -0.25) is 4.79 Å². The van der Waals surface area contributed by atoms with Crippen molar-refractivity contribution in [3.63, 3.8) is 0 Å². The van der Waals surface area contributed by atoms with Crippen molar-refractivity contribution in [3.8, 4) is 5.75 Å². The van der Waals surface area contributed by atoms with E-state index in [2.05, 4.69) is 5.32 Å². The first-order valence-electron chi connectivity index (χ1n) is 6.65. The Balaban J connectivity index is 2.14. The minimum Gasteiger partial charge on any atom is -0.497 e. The van der Waals surface area contributed by atoms with Crippen LogP contribution < -0.4 is 10.1 Å². The molecule has 0 bridgehead atoms. The first-order valence-corrected chi connectivity index (χ1v) is 7.03. The van der Waals surface area contributed by atoms with E-state index in [9.17, 15) is 9.59 Å². The van der Waals surface area contributed by atoms with Crippen LogP contribution in [0.3, 0.4) is 0 Å². The highest BCUT2D eigenvalue weighted by Crippen LogP contribution is 2.21. The van der Waals surface area contributed by atoms with Crippen molar-refractivity contribution < 1.29 is 19.4 Å². The zero-order chi connectivity index (χ0) is 16.8. The first-order chi connectivity index (χ1) is 11.0. The summed E-state index contributed by atoms with van der Waals surface area (Å²) in [6.45, 7) is 0. The van der Waals surface area contributed by atoms with Crippen LogP contribution in [0.4, 0.5) is 5.69 Å². The lowest BCUT2D eigenvalue weighted by atomic mass is 10.1. The molecular formula is C17H14ClNO4. The van der Waals surface area contributed by atoms with E-state index in [0.29, 0.717) is 10.8 Å². The lowest BCUT2D eigenvalue weighted by Crippen LogP contribution is -2.12. The van der Waals surface area contributed by atoms with Crippen LogP contribution in [0.2, 0.25) is 5.02 Å². The Morgan fingerprint density at radius 3 is 2.70 bits per heavy atom. The number of carboxylic acids is 1. The van der Waals surface area contributed by atoms with Gasteiger partial charge < -0.3 is 15.2 Å². The first kappa shape index (κ1) is 16.6. The van der Waals surface area contributed by atoms with Gasteiger partial charge in [-0.25, -0.2) is 4.79 Å². The number of anilines is 1. The highest BCUT2D eigenvalue weighted by atomic mass is 35.5. The quantitative estimate of drug-likeness (QED) is 0.819. The number of methoxy groups -OCH3 is 1. The van der Waals surface area contributed by atoms with Crippen LogP contribution in [-0.4, -0.2) is 24.1 Å². The van der Waals surface area contributed by atoms with E-state index in [4.69, 9.17) is 21.4 Å². The standard InChI is InChI=1S/C17H14ClNO4/c1-23-13-4-2-3-11(9-13)5-8-16(20)19-15-10-12(18)6-7-14(15)17(21)22/h2-10H,1H3,(H,19,20)(H,21,22)/b8-5+. The zero-order valence-corrected chi connectivity index (χ0v) is 13.0. The van der Waals surface area contributed by atoms with E-state index in [1.54, 1.807) is 31.4 Å². The van der Waals surface area contributed by atoms with E-state index in [1.807, 2.05) is 6.07 Å². The van der Waals surface area contributed by atoms with Crippen molar-refractivity contribution in [2.24, 2.45) is 0 Å². The van der Waals surface area contributed by atoms with Gasteiger partial charge in [0.15, 0.2) is 0 Å². The molecule has 0 aliphatic carbocycles. The molecule has 0 aliphatic heterocycles. The zero-order valence-electron chi connectivity index (χ0n) is 12.2. The van der Waals surface area contributed by atoms with E-state index in [0.717, 1.165) is 5.56 Å². The molecule has 6 heteroatoms. The average molecular weight is 332 g/mol. The molecule has 0 radical (unpaired) electrons. The highest BCUT2D eigenvalue weighted by Gasteiger charge is 2.11. The van der Waals surface area contributed by atoms with Gasteiger partial charge in [0.2, 0.25) is 5.91 Å². The Morgan fingerprint density at radius 1 is 1.22 bits per heavy atom. The molecule has 2 aromatic carbocycles. The van der Waals surface area contributed by atoms with Crippen LogP contribution >= 0.6 is 11.6 Å². The minimum atomic E-state index is -1.14. The van der Waals surface area contributed by atoms with Gasteiger partial charge in [-0.2, -0.15) is 0 Å². The summed E-state index contributed by atoms with van der Waals surface area (Å²) in [4.78, 5) is 23.1. The second-order valence-corrected chi connectivity index (χ2v) is 5.03. The smallest absolute Gasteiger partial charge is 0.337 e. The highest BCUT2D eigenvalue weighted by molar-refractivity contribution is 6.31. The Kier molecular flexibility index (Phi) is 5.38. The molecule has 0 aliphatic rings. The minimum absolute atomic E-state index is 0.0301. The second kappa shape index (κ2) is 7.47. The SMILES string of the molecule is COc1cccc(/C=C/C(=O)Nc2cc(Cl)ccc2C(=O)O)c1. The molecule has 2 aromatic rings. The molecule has 2 rings (SSSR count). The number of benzene rings is 2. The molecule has 23 heavy (non-hydrogen) atoms. The van der Waals surface area contributed by atoms with Gasteiger partial charge in [0.1, 0.15) is 5.75 Å². The van der Waals surface area contributed by atoms with Crippen LogP contribution in [0, 0.1) is 0 Å². The molecular weight excluding hydrogens is 318 g/mol. The Labute approximate surface area is 138 Å². The van der Waals surface area contributed by atoms with Crippen molar-refractivity contribution in [1.29, 1.82) is 0 Å². The Bertz CT molecular complexity index is 771. The summed E-state index contributed by atoms with van der Waals surface area (Å²) >= 11 is 5.84. The maximum absolute atomic E-state index is 12.0. The third-order valence-electron chi connectivity index (χ3n) is 2.99. The fourth-order valence-corrected chi connectivity index (χ4v) is 2.07.